The molecule has 1 fully saturated rings. The summed E-state index contributed by atoms with van der Waals surface area (Å²) in [6.07, 6.45) is 2.19. The zero-order chi connectivity index (χ0) is 27.2. The van der Waals surface area contributed by atoms with Crippen LogP contribution in [0, 0.1) is 5.92 Å². The smallest absolute Gasteiger partial charge is 0.255 e. The number of rotatable bonds is 10. The van der Waals surface area contributed by atoms with Crippen molar-refractivity contribution in [3.63, 3.8) is 0 Å². The monoisotopic (exact) mass is 518 g/mol. The first-order valence-corrected chi connectivity index (χ1v) is 13.1. The van der Waals surface area contributed by atoms with Crippen LogP contribution in [0.25, 0.3) is 0 Å². The molecule has 5 amide bonds. The fraction of sp³-hybridized carbons (Fsp3) is 0.414. The molecule has 0 spiro atoms. The van der Waals surface area contributed by atoms with Crippen molar-refractivity contribution in [3.8, 4) is 0 Å². The number of carbonyl (C=O) groups excluding carboxylic acids is 5. The minimum Gasteiger partial charge on any atom is -0.350 e. The maximum Gasteiger partial charge on any atom is 0.255 e. The summed E-state index contributed by atoms with van der Waals surface area (Å²) in [5, 5.41) is 8.12. The summed E-state index contributed by atoms with van der Waals surface area (Å²) in [5.41, 5.74) is 3.39. The molecule has 2 aliphatic rings. The molecule has 0 radical (unpaired) electrons. The lowest BCUT2D eigenvalue weighted by atomic mass is 9.97. The van der Waals surface area contributed by atoms with Gasteiger partial charge in [-0.2, -0.15) is 0 Å². The molecule has 2 aromatic carbocycles. The molecule has 0 saturated carbocycles. The highest BCUT2D eigenvalue weighted by Gasteiger charge is 2.39. The van der Waals surface area contributed by atoms with Crippen molar-refractivity contribution in [1.29, 1.82) is 0 Å². The van der Waals surface area contributed by atoms with Crippen molar-refractivity contribution >= 4 is 29.5 Å². The van der Waals surface area contributed by atoms with Gasteiger partial charge in [0.1, 0.15) is 12.1 Å². The Kier molecular flexibility index (Phi) is 8.55. The summed E-state index contributed by atoms with van der Waals surface area (Å²) in [6.45, 7) is 4.25. The zero-order valence-electron chi connectivity index (χ0n) is 21.8. The topological polar surface area (TPSA) is 125 Å². The quantitative estimate of drug-likeness (QED) is 0.416. The van der Waals surface area contributed by atoms with Crippen molar-refractivity contribution in [2.45, 2.75) is 71.1 Å². The van der Waals surface area contributed by atoms with Gasteiger partial charge in [0.25, 0.3) is 5.91 Å². The van der Waals surface area contributed by atoms with Crippen LogP contribution in [0.3, 0.4) is 0 Å². The van der Waals surface area contributed by atoms with Gasteiger partial charge < -0.3 is 15.5 Å². The largest absolute Gasteiger partial charge is 0.350 e. The van der Waals surface area contributed by atoms with Crippen LogP contribution in [0.5, 0.6) is 0 Å². The molecule has 0 aliphatic carbocycles. The standard InChI is InChI=1S/C29H34N4O5/c1-18(2)26(35)31-23(27(36)30-16-19-8-4-3-5-9-19)13-7-11-20-10-6-12-21-22(20)17-33(29(21)38)24-14-15-25(34)32-28(24)37/h3-6,8-10,12,18,23-24H,7,11,13-17H2,1-2H3,(H,30,36)(H,31,35)(H,32,34,37). The normalized spacial score (nSPS) is 17.7. The molecule has 2 atom stereocenters. The third-order valence-electron chi connectivity index (χ3n) is 7.08. The van der Waals surface area contributed by atoms with E-state index in [1.165, 1.54) is 0 Å². The van der Waals surface area contributed by atoms with Crippen molar-refractivity contribution in [2.75, 3.05) is 0 Å². The Morgan fingerprint density at radius 1 is 1.03 bits per heavy atom. The van der Waals surface area contributed by atoms with E-state index in [1.807, 2.05) is 42.5 Å². The maximum atomic E-state index is 13.1. The van der Waals surface area contributed by atoms with E-state index >= 15 is 0 Å². The first-order chi connectivity index (χ1) is 18.2. The summed E-state index contributed by atoms with van der Waals surface area (Å²) in [7, 11) is 0. The van der Waals surface area contributed by atoms with Crippen LogP contribution in [0.1, 0.15) is 66.6 Å². The molecular weight excluding hydrogens is 484 g/mol. The van der Waals surface area contributed by atoms with Gasteiger partial charge in [-0.3, -0.25) is 29.3 Å². The van der Waals surface area contributed by atoms with Crippen LogP contribution in [0.2, 0.25) is 0 Å². The van der Waals surface area contributed by atoms with Crippen LogP contribution in [0.15, 0.2) is 48.5 Å². The lowest BCUT2D eigenvalue weighted by Gasteiger charge is -2.29. The predicted octanol–water partition coefficient (Wildman–Crippen LogP) is 2.23. The molecule has 3 N–H and O–H groups in total. The summed E-state index contributed by atoms with van der Waals surface area (Å²) in [5.74, 6) is -1.63. The number of imide groups is 1. The molecule has 9 heteroatoms. The van der Waals surface area contributed by atoms with E-state index in [-0.39, 0.29) is 36.0 Å². The van der Waals surface area contributed by atoms with E-state index in [2.05, 4.69) is 16.0 Å². The highest BCUT2D eigenvalue weighted by Crippen LogP contribution is 2.30. The molecule has 38 heavy (non-hydrogen) atoms. The van der Waals surface area contributed by atoms with E-state index in [1.54, 1.807) is 24.8 Å². The van der Waals surface area contributed by atoms with Gasteiger partial charge >= 0.3 is 0 Å². The molecule has 4 rings (SSSR count). The van der Waals surface area contributed by atoms with Crippen molar-refractivity contribution in [2.24, 2.45) is 5.92 Å². The van der Waals surface area contributed by atoms with Crippen molar-refractivity contribution < 1.29 is 24.0 Å². The Hall–Kier alpha value is -4.01. The SMILES string of the molecule is CC(C)C(=O)NC(CCCc1cccc2c1CN(C1CCC(=O)NC1=O)C2=O)C(=O)NCc1ccccc1. The van der Waals surface area contributed by atoms with Crippen LogP contribution in [0.4, 0.5) is 0 Å². The Morgan fingerprint density at radius 3 is 2.50 bits per heavy atom. The van der Waals surface area contributed by atoms with Gasteiger partial charge in [0.15, 0.2) is 0 Å². The molecule has 1 saturated heterocycles. The molecular formula is C29H34N4O5. The van der Waals surface area contributed by atoms with E-state index < -0.39 is 18.0 Å². The first kappa shape index (κ1) is 27.0. The highest BCUT2D eigenvalue weighted by molar-refractivity contribution is 6.05. The second-order valence-electron chi connectivity index (χ2n) is 10.2. The van der Waals surface area contributed by atoms with Gasteiger partial charge in [0.05, 0.1) is 0 Å². The summed E-state index contributed by atoms with van der Waals surface area (Å²) in [4.78, 5) is 63.9. The molecule has 200 valence electrons. The van der Waals surface area contributed by atoms with E-state index in [0.29, 0.717) is 44.3 Å². The van der Waals surface area contributed by atoms with Gasteiger partial charge in [-0.25, -0.2) is 0 Å². The van der Waals surface area contributed by atoms with Crippen LogP contribution in [-0.4, -0.2) is 46.5 Å². The Bertz CT molecular complexity index is 1230. The highest BCUT2D eigenvalue weighted by atomic mass is 16.2. The van der Waals surface area contributed by atoms with E-state index in [0.717, 1.165) is 16.7 Å². The number of hydrogen-bond donors (Lipinski definition) is 3. The van der Waals surface area contributed by atoms with Gasteiger partial charge in [-0.1, -0.05) is 56.3 Å². The van der Waals surface area contributed by atoms with Crippen molar-refractivity contribution in [1.82, 2.24) is 20.9 Å². The molecule has 2 aliphatic heterocycles. The second-order valence-corrected chi connectivity index (χ2v) is 10.2. The molecule has 0 aromatic heterocycles. The number of fused-ring (bicyclic) bond motifs is 1. The average Bonchev–Trinajstić information content (AvgIpc) is 3.24. The third kappa shape index (κ3) is 6.27. The number of carbonyl (C=O) groups is 5. The predicted molar refractivity (Wildman–Crippen MR) is 140 cm³/mol. The van der Waals surface area contributed by atoms with Crippen LogP contribution in [-0.2, 0) is 38.7 Å². The minimum absolute atomic E-state index is 0.184. The second kappa shape index (κ2) is 12.0. The Labute approximate surface area is 222 Å². The summed E-state index contributed by atoms with van der Waals surface area (Å²) >= 11 is 0. The van der Waals surface area contributed by atoms with Gasteiger partial charge in [0.2, 0.25) is 23.6 Å². The van der Waals surface area contributed by atoms with Crippen molar-refractivity contribution in [3.05, 3.63) is 70.8 Å². The number of aryl methyl sites for hydroxylation is 1. The number of amides is 5. The number of hydrogen-bond acceptors (Lipinski definition) is 5. The van der Waals surface area contributed by atoms with Gasteiger partial charge in [0, 0.05) is 31.0 Å². The molecule has 9 nitrogen and oxygen atoms in total. The van der Waals surface area contributed by atoms with E-state index in [4.69, 9.17) is 0 Å². The Balaban J connectivity index is 1.40. The number of piperidine rings is 1. The van der Waals surface area contributed by atoms with E-state index in [9.17, 15) is 24.0 Å². The molecule has 2 heterocycles. The number of nitrogens with one attached hydrogen (secondary N) is 3. The van der Waals surface area contributed by atoms with Gasteiger partial charge in [-0.15, -0.1) is 0 Å². The summed E-state index contributed by atoms with van der Waals surface area (Å²) in [6, 6.07) is 13.8. The van der Waals surface area contributed by atoms with Gasteiger partial charge in [-0.05, 0) is 48.4 Å². The molecule has 0 bridgehead atoms. The number of benzene rings is 2. The van der Waals surface area contributed by atoms with Crippen LogP contribution < -0.4 is 16.0 Å². The third-order valence-corrected chi connectivity index (χ3v) is 7.08. The lowest BCUT2D eigenvalue weighted by molar-refractivity contribution is -0.137. The fourth-order valence-corrected chi connectivity index (χ4v) is 4.90. The lowest BCUT2D eigenvalue weighted by Crippen LogP contribution is -2.52. The summed E-state index contributed by atoms with van der Waals surface area (Å²) < 4.78 is 0. The maximum absolute atomic E-state index is 13.1. The first-order valence-electron chi connectivity index (χ1n) is 13.1. The molecule has 2 aromatic rings. The number of nitrogens with zero attached hydrogens (tertiary/aromatic N) is 1. The Morgan fingerprint density at radius 2 is 1.79 bits per heavy atom. The van der Waals surface area contributed by atoms with Crippen LogP contribution >= 0.6 is 0 Å². The minimum atomic E-state index is -0.674. The average molecular weight is 519 g/mol. The zero-order valence-corrected chi connectivity index (χ0v) is 21.8. The fourth-order valence-electron chi connectivity index (χ4n) is 4.90. The molecule has 2 unspecified atom stereocenters.